The van der Waals surface area contributed by atoms with E-state index in [1.165, 1.54) is 0 Å². The zero-order valence-electron chi connectivity index (χ0n) is 7.81. The van der Waals surface area contributed by atoms with E-state index in [9.17, 15) is 0 Å². The van der Waals surface area contributed by atoms with E-state index in [4.69, 9.17) is 40.5 Å². The van der Waals surface area contributed by atoms with Crippen molar-refractivity contribution in [3.05, 3.63) is 40.2 Å². The molecule has 0 saturated carbocycles. The fourth-order valence-electron chi connectivity index (χ4n) is 0.679. The third-order valence-corrected chi connectivity index (χ3v) is 1.75. The summed E-state index contributed by atoms with van der Waals surface area (Å²) in [6, 6.07) is 5.43. The minimum atomic E-state index is 0.000000000000000444. The first-order valence-electron chi connectivity index (χ1n) is 3.97. The Bertz CT molecular complexity index is 400. The fourth-order valence-corrected chi connectivity index (χ4v) is 1.29. The SMILES string of the molecule is Clc1nc(Cl)nc(Cl)n1.Nc1ccccn1. The van der Waals surface area contributed by atoms with E-state index in [0.29, 0.717) is 5.82 Å². The van der Waals surface area contributed by atoms with Gasteiger partial charge in [-0.25, -0.2) is 4.98 Å². The van der Waals surface area contributed by atoms with Gasteiger partial charge in [0.05, 0.1) is 0 Å². The molecule has 0 aliphatic rings. The van der Waals surface area contributed by atoms with E-state index in [2.05, 4.69) is 19.9 Å². The highest BCUT2D eigenvalue weighted by Crippen LogP contribution is 2.08. The summed E-state index contributed by atoms with van der Waals surface area (Å²) in [5.41, 5.74) is 5.25. The summed E-state index contributed by atoms with van der Waals surface area (Å²) in [6.45, 7) is 0. The lowest BCUT2D eigenvalue weighted by molar-refractivity contribution is 1.05. The van der Waals surface area contributed by atoms with Crippen LogP contribution >= 0.6 is 34.8 Å². The van der Waals surface area contributed by atoms with Crippen molar-refractivity contribution in [1.29, 1.82) is 0 Å². The molecule has 0 spiro atoms. The van der Waals surface area contributed by atoms with E-state index in [1.807, 2.05) is 12.1 Å². The largest absolute Gasteiger partial charge is 0.384 e. The van der Waals surface area contributed by atoms with Crippen molar-refractivity contribution in [2.24, 2.45) is 0 Å². The molecule has 0 unspecified atom stereocenters. The summed E-state index contributed by atoms with van der Waals surface area (Å²) in [7, 11) is 0. The van der Waals surface area contributed by atoms with Crippen LogP contribution in [0.3, 0.4) is 0 Å². The molecule has 0 saturated heterocycles. The van der Waals surface area contributed by atoms with Gasteiger partial charge in [0.1, 0.15) is 5.82 Å². The molecule has 0 fully saturated rings. The lowest BCUT2D eigenvalue weighted by atomic mass is 10.5. The second-order valence-electron chi connectivity index (χ2n) is 2.40. The highest BCUT2D eigenvalue weighted by Gasteiger charge is 1.97. The van der Waals surface area contributed by atoms with Crippen molar-refractivity contribution in [3.8, 4) is 0 Å². The van der Waals surface area contributed by atoms with Gasteiger partial charge in [-0.2, -0.15) is 15.0 Å². The van der Waals surface area contributed by atoms with E-state index < -0.39 is 0 Å². The quantitative estimate of drug-likeness (QED) is 0.801. The molecule has 0 atom stereocenters. The molecule has 84 valence electrons. The van der Waals surface area contributed by atoms with Crippen LogP contribution in [0.1, 0.15) is 0 Å². The number of nitrogens with two attached hydrogens (primary N) is 1. The van der Waals surface area contributed by atoms with Gasteiger partial charge in [-0.15, -0.1) is 0 Å². The van der Waals surface area contributed by atoms with Crippen molar-refractivity contribution >= 4 is 40.6 Å². The summed E-state index contributed by atoms with van der Waals surface area (Å²) in [6.07, 6.45) is 1.66. The van der Waals surface area contributed by atoms with Gasteiger partial charge in [0.2, 0.25) is 15.9 Å². The summed E-state index contributed by atoms with van der Waals surface area (Å²) in [4.78, 5) is 14.1. The van der Waals surface area contributed by atoms with E-state index in [-0.39, 0.29) is 15.9 Å². The summed E-state index contributed by atoms with van der Waals surface area (Å²) < 4.78 is 0. The van der Waals surface area contributed by atoms with Gasteiger partial charge >= 0.3 is 0 Å². The predicted molar refractivity (Wildman–Crippen MR) is 63.5 cm³/mol. The van der Waals surface area contributed by atoms with Crippen molar-refractivity contribution in [3.63, 3.8) is 0 Å². The minimum Gasteiger partial charge on any atom is -0.384 e. The molecule has 2 aromatic heterocycles. The summed E-state index contributed by atoms with van der Waals surface area (Å²) in [5.74, 6) is 0.572. The average Bonchev–Trinajstić information content (AvgIpc) is 2.17. The molecule has 5 nitrogen and oxygen atoms in total. The molecule has 8 heteroatoms. The van der Waals surface area contributed by atoms with Crippen LogP contribution in [0.15, 0.2) is 24.4 Å². The number of aromatic nitrogens is 4. The molecule has 0 bridgehead atoms. The Balaban J connectivity index is 0.000000165. The van der Waals surface area contributed by atoms with E-state index in [1.54, 1.807) is 12.3 Å². The van der Waals surface area contributed by atoms with Crippen LogP contribution in [0, 0.1) is 0 Å². The number of hydrogen-bond acceptors (Lipinski definition) is 5. The smallest absolute Gasteiger partial charge is 0.227 e. The van der Waals surface area contributed by atoms with Crippen LogP contribution in [-0.4, -0.2) is 19.9 Å². The molecule has 0 aromatic carbocycles. The topological polar surface area (TPSA) is 77.6 Å². The maximum atomic E-state index is 5.32. The van der Waals surface area contributed by atoms with Crippen LogP contribution in [0.4, 0.5) is 5.82 Å². The standard InChI is InChI=1S/C5H6N2.C3Cl3N3/c6-5-3-1-2-4-7-5;4-1-7-2(5)9-3(6)8-1/h1-4H,(H2,6,7);. The lowest BCUT2D eigenvalue weighted by Crippen LogP contribution is -1.87. The molecule has 0 amide bonds. The number of rotatable bonds is 0. The highest BCUT2D eigenvalue weighted by atomic mass is 35.5. The third kappa shape index (κ3) is 5.06. The Kier molecular flexibility index (Phi) is 5.18. The summed E-state index contributed by atoms with van der Waals surface area (Å²) in [5, 5.41) is 0.00000000000000178. The van der Waals surface area contributed by atoms with Crippen molar-refractivity contribution < 1.29 is 0 Å². The van der Waals surface area contributed by atoms with Crippen LogP contribution in [0.5, 0.6) is 0 Å². The van der Waals surface area contributed by atoms with Gasteiger partial charge in [0.15, 0.2) is 0 Å². The molecule has 2 N–H and O–H groups in total. The fraction of sp³-hybridized carbons (Fsp3) is 0. The van der Waals surface area contributed by atoms with Crippen molar-refractivity contribution in [2.45, 2.75) is 0 Å². The Morgan fingerprint density at radius 1 is 0.875 bits per heavy atom. The van der Waals surface area contributed by atoms with E-state index in [0.717, 1.165) is 0 Å². The molecule has 16 heavy (non-hydrogen) atoms. The minimum absolute atomic E-state index is 0.000000000000000444. The van der Waals surface area contributed by atoms with Crippen molar-refractivity contribution in [2.75, 3.05) is 5.73 Å². The Morgan fingerprint density at radius 2 is 1.38 bits per heavy atom. The molecule has 0 aliphatic heterocycles. The molecular formula is C8H6Cl3N5. The molecule has 0 aliphatic carbocycles. The van der Waals surface area contributed by atoms with Crippen LogP contribution < -0.4 is 5.73 Å². The van der Waals surface area contributed by atoms with Gasteiger partial charge in [0, 0.05) is 6.20 Å². The van der Waals surface area contributed by atoms with Gasteiger partial charge in [-0.3, -0.25) is 0 Å². The second-order valence-corrected chi connectivity index (χ2v) is 3.41. The normalized spacial score (nSPS) is 9.19. The monoisotopic (exact) mass is 277 g/mol. The number of nitrogen functional groups attached to an aromatic ring is 1. The number of nitrogens with zero attached hydrogens (tertiary/aromatic N) is 4. The first-order chi connectivity index (χ1) is 7.58. The number of hydrogen-bond donors (Lipinski definition) is 1. The molecule has 2 heterocycles. The van der Waals surface area contributed by atoms with Gasteiger partial charge < -0.3 is 5.73 Å². The lowest BCUT2D eigenvalue weighted by Gasteiger charge is -1.88. The Morgan fingerprint density at radius 3 is 1.62 bits per heavy atom. The van der Waals surface area contributed by atoms with Gasteiger partial charge in [-0.05, 0) is 46.9 Å². The maximum absolute atomic E-state index is 5.32. The zero-order chi connectivity index (χ0) is 12.0. The molecular weight excluding hydrogens is 272 g/mol. The van der Waals surface area contributed by atoms with Gasteiger partial charge in [-0.1, -0.05) is 6.07 Å². The Hall–Kier alpha value is -1.17. The summed E-state index contributed by atoms with van der Waals surface area (Å²) >= 11 is 16.0. The Labute approximate surface area is 107 Å². The third-order valence-electron chi connectivity index (χ3n) is 1.24. The molecule has 2 rings (SSSR count). The maximum Gasteiger partial charge on any atom is 0.227 e. The number of pyridine rings is 1. The average molecular weight is 279 g/mol. The highest BCUT2D eigenvalue weighted by molar-refractivity contribution is 6.33. The van der Waals surface area contributed by atoms with Crippen LogP contribution in [0.2, 0.25) is 15.9 Å². The van der Waals surface area contributed by atoms with Crippen LogP contribution in [-0.2, 0) is 0 Å². The van der Waals surface area contributed by atoms with E-state index >= 15 is 0 Å². The number of anilines is 1. The first-order valence-corrected chi connectivity index (χ1v) is 5.10. The van der Waals surface area contributed by atoms with Crippen molar-refractivity contribution in [1.82, 2.24) is 19.9 Å². The predicted octanol–water partition coefficient (Wildman–Crippen LogP) is 2.50. The molecule has 0 radical (unpaired) electrons. The first kappa shape index (κ1) is 12.9. The number of halogens is 3. The van der Waals surface area contributed by atoms with Gasteiger partial charge in [0.25, 0.3) is 0 Å². The second kappa shape index (κ2) is 6.42. The van der Waals surface area contributed by atoms with Crippen LogP contribution in [0.25, 0.3) is 0 Å². The molecule has 2 aromatic rings. The zero-order valence-corrected chi connectivity index (χ0v) is 10.1.